The van der Waals surface area contributed by atoms with Crippen molar-refractivity contribution in [1.82, 2.24) is 5.32 Å². The fraction of sp³-hybridized carbons (Fsp3) is 0.227. The zero-order valence-electron chi connectivity index (χ0n) is 14.7. The van der Waals surface area contributed by atoms with E-state index in [4.69, 9.17) is 4.42 Å². The number of benzene rings is 2. The highest BCUT2D eigenvalue weighted by atomic mass is 19.1. The number of furan rings is 1. The summed E-state index contributed by atoms with van der Waals surface area (Å²) in [6, 6.07) is 20.1. The molecule has 0 unspecified atom stereocenters. The number of hydrogen-bond donors (Lipinski definition) is 1. The van der Waals surface area contributed by atoms with Gasteiger partial charge in [0.25, 0.3) is 0 Å². The molecule has 3 aromatic rings. The molecule has 26 heavy (non-hydrogen) atoms. The van der Waals surface area contributed by atoms with Crippen LogP contribution in [-0.2, 0) is 11.2 Å². The number of halogens is 1. The van der Waals surface area contributed by atoms with Crippen LogP contribution in [0, 0.1) is 5.82 Å². The molecule has 0 aliphatic rings. The average molecular weight is 351 g/mol. The third-order valence-electron chi connectivity index (χ3n) is 4.37. The SMILES string of the molecule is C[C@H](CNC(=O)CCc1ccc(-c2ccccc2F)o1)c1ccccc1. The second-order valence-corrected chi connectivity index (χ2v) is 6.36. The van der Waals surface area contributed by atoms with E-state index in [2.05, 4.69) is 24.4 Å². The van der Waals surface area contributed by atoms with Crippen LogP contribution in [0.1, 0.15) is 30.6 Å². The Morgan fingerprint density at radius 2 is 1.77 bits per heavy atom. The Hall–Kier alpha value is -2.88. The van der Waals surface area contributed by atoms with Gasteiger partial charge in [0.05, 0.1) is 5.56 Å². The Balaban J connectivity index is 1.49. The monoisotopic (exact) mass is 351 g/mol. The average Bonchev–Trinajstić information content (AvgIpc) is 3.14. The van der Waals surface area contributed by atoms with Gasteiger partial charge in [0.1, 0.15) is 17.3 Å². The quantitative estimate of drug-likeness (QED) is 0.655. The van der Waals surface area contributed by atoms with Gasteiger partial charge in [-0.1, -0.05) is 49.4 Å². The smallest absolute Gasteiger partial charge is 0.220 e. The van der Waals surface area contributed by atoms with Crippen molar-refractivity contribution >= 4 is 5.91 Å². The summed E-state index contributed by atoms with van der Waals surface area (Å²) in [5, 5.41) is 2.96. The summed E-state index contributed by atoms with van der Waals surface area (Å²) in [5.41, 5.74) is 1.63. The van der Waals surface area contributed by atoms with E-state index in [1.54, 1.807) is 30.3 Å². The zero-order valence-corrected chi connectivity index (χ0v) is 14.7. The minimum Gasteiger partial charge on any atom is -0.461 e. The Labute approximate surface area is 152 Å². The molecule has 134 valence electrons. The predicted molar refractivity (Wildman–Crippen MR) is 100 cm³/mol. The van der Waals surface area contributed by atoms with E-state index >= 15 is 0 Å². The zero-order chi connectivity index (χ0) is 18.4. The lowest BCUT2D eigenvalue weighted by atomic mass is 10.0. The molecule has 0 fully saturated rings. The predicted octanol–water partition coefficient (Wildman–Crippen LogP) is 4.94. The summed E-state index contributed by atoms with van der Waals surface area (Å²) in [6.07, 6.45) is 0.825. The van der Waals surface area contributed by atoms with E-state index < -0.39 is 0 Å². The first-order chi connectivity index (χ1) is 12.6. The topological polar surface area (TPSA) is 42.2 Å². The minimum absolute atomic E-state index is 0.0170. The standard InChI is InChI=1S/C22H22FNO2/c1-16(17-7-3-2-4-8-17)15-24-22(25)14-12-18-11-13-21(26-18)19-9-5-6-10-20(19)23/h2-11,13,16H,12,14-15H2,1H3,(H,24,25)/t16-/m1/s1. The van der Waals surface area contributed by atoms with Crippen LogP contribution in [0.5, 0.6) is 0 Å². The van der Waals surface area contributed by atoms with E-state index in [0.29, 0.717) is 36.5 Å². The van der Waals surface area contributed by atoms with Gasteiger partial charge in [0.2, 0.25) is 5.91 Å². The van der Waals surface area contributed by atoms with Gasteiger partial charge in [-0.05, 0) is 35.7 Å². The number of amides is 1. The maximum atomic E-state index is 13.8. The highest BCUT2D eigenvalue weighted by molar-refractivity contribution is 5.76. The van der Waals surface area contributed by atoms with Gasteiger partial charge in [-0.15, -0.1) is 0 Å². The third-order valence-corrected chi connectivity index (χ3v) is 4.37. The summed E-state index contributed by atoms with van der Waals surface area (Å²) in [5.74, 6) is 1.08. The van der Waals surface area contributed by atoms with Gasteiger partial charge in [0.15, 0.2) is 0 Å². The maximum absolute atomic E-state index is 13.8. The lowest BCUT2D eigenvalue weighted by molar-refractivity contribution is -0.121. The molecule has 4 heteroatoms. The van der Waals surface area contributed by atoms with Crippen molar-refractivity contribution < 1.29 is 13.6 Å². The third kappa shape index (κ3) is 4.60. The second kappa shape index (κ2) is 8.48. The van der Waals surface area contributed by atoms with Crippen LogP contribution in [0.3, 0.4) is 0 Å². The van der Waals surface area contributed by atoms with E-state index in [1.165, 1.54) is 11.6 Å². The number of nitrogens with one attached hydrogen (secondary N) is 1. The Kier molecular flexibility index (Phi) is 5.84. The molecule has 3 nitrogen and oxygen atoms in total. The number of carbonyl (C=O) groups is 1. The molecule has 0 aliphatic heterocycles. The normalized spacial score (nSPS) is 11.9. The van der Waals surface area contributed by atoms with Crippen molar-refractivity contribution in [1.29, 1.82) is 0 Å². The molecule has 2 aromatic carbocycles. The van der Waals surface area contributed by atoms with Crippen molar-refractivity contribution in [2.24, 2.45) is 0 Å². The summed E-state index contributed by atoms with van der Waals surface area (Å²) in [6.45, 7) is 2.68. The van der Waals surface area contributed by atoms with E-state index in [9.17, 15) is 9.18 Å². The van der Waals surface area contributed by atoms with Gasteiger partial charge in [-0.2, -0.15) is 0 Å². The lowest BCUT2D eigenvalue weighted by Crippen LogP contribution is -2.27. The van der Waals surface area contributed by atoms with E-state index in [1.807, 2.05) is 18.2 Å². The minimum atomic E-state index is -0.318. The fourth-order valence-corrected chi connectivity index (χ4v) is 2.81. The molecule has 1 amide bonds. The second-order valence-electron chi connectivity index (χ2n) is 6.36. The largest absolute Gasteiger partial charge is 0.461 e. The van der Waals surface area contributed by atoms with Crippen LogP contribution < -0.4 is 5.32 Å². The van der Waals surface area contributed by atoms with Crippen LogP contribution in [0.25, 0.3) is 11.3 Å². The van der Waals surface area contributed by atoms with Crippen molar-refractivity contribution in [2.45, 2.75) is 25.7 Å². The van der Waals surface area contributed by atoms with Gasteiger partial charge < -0.3 is 9.73 Å². The van der Waals surface area contributed by atoms with Crippen molar-refractivity contribution in [3.05, 3.63) is 83.9 Å². The Morgan fingerprint density at radius 3 is 2.54 bits per heavy atom. The Bertz CT molecular complexity index is 857. The molecule has 0 bridgehead atoms. The molecule has 1 N–H and O–H groups in total. The molecule has 1 aromatic heterocycles. The number of carbonyl (C=O) groups excluding carboxylic acids is 1. The van der Waals surface area contributed by atoms with Gasteiger partial charge in [-0.3, -0.25) is 4.79 Å². The molecule has 1 atom stereocenters. The van der Waals surface area contributed by atoms with Crippen LogP contribution in [0.2, 0.25) is 0 Å². The number of rotatable bonds is 7. The number of hydrogen-bond acceptors (Lipinski definition) is 2. The Morgan fingerprint density at radius 1 is 1.04 bits per heavy atom. The first kappa shape index (κ1) is 17.9. The molecule has 0 saturated carbocycles. The van der Waals surface area contributed by atoms with Crippen LogP contribution in [-0.4, -0.2) is 12.5 Å². The highest BCUT2D eigenvalue weighted by Gasteiger charge is 2.11. The van der Waals surface area contributed by atoms with Gasteiger partial charge in [0, 0.05) is 19.4 Å². The summed E-state index contributed by atoms with van der Waals surface area (Å²) in [7, 11) is 0. The molecule has 0 spiro atoms. The first-order valence-corrected chi connectivity index (χ1v) is 8.79. The number of aryl methyl sites for hydroxylation is 1. The molecule has 0 saturated heterocycles. The van der Waals surface area contributed by atoms with Crippen molar-refractivity contribution in [2.75, 3.05) is 6.54 Å². The van der Waals surface area contributed by atoms with Crippen LogP contribution in [0.15, 0.2) is 71.1 Å². The molecular formula is C22H22FNO2. The molecular weight excluding hydrogens is 329 g/mol. The lowest BCUT2D eigenvalue weighted by Gasteiger charge is -2.12. The maximum Gasteiger partial charge on any atom is 0.220 e. The molecule has 1 heterocycles. The van der Waals surface area contributed by atoms with Crippen molar-refractivity contribution in [3.8, 4) is 11.3 Å². The van der Waals surface area contributed by atoms with Crippen LogP contribution in [0.4, 0.5) is 4.39 Å². The fourth-order valence-electron chi connectivity index (χ4n) is 2.81. The highest BCUT2D eigenvalue weighted by Crippen LogP contribution is 2.25. The van der Waals surface area contributed by atoms with Gasteiger partial charge >= 0.3 is 0 Å². The van der Waals surface area contributed by atoms with E-state index in [-0.39, 0.29) is 17.6 Å². The molecule has 0 radical (unpaired) electrons. The first-order valence-electron chi connectivity index (χ1n) is 8.79. The van der Waals surface area contributed by atoms with Gasteiger partial charge in [-0.25, -0.2) is 4.39 Å². The van der Waals surface area contributed by atoms with E-state index in [0.717, 1.165) is 0 Å². The summed E-state index contributed by atoms with van der Waals surface area (Å²) < 4.78 is 19.5. The van der Waals surface area contributed by atoms with Crippen LogP contribution >= 0.6 is 0 Å². The van der Waals surface area contributed by atoms with Crippen molar-refractivity contribution in [3.63, 3.8) is 0 Å². The molecule has 0 aliphatic carbocycles. The molecule has 3 rings (SSSR count). The summed E-state index contributed by atoms with van der Waals surface area (Å²) in [4.78, 5) is 12.1. The summed E-state index contributed by atoms with van der Waals surface area (Å²) >= 11 is 0.